The van der Waals surface area contributed by atoms with Gasteiger partial charge < -0.3 is 14.9 Å². The van der Waals surface area contributed by atoms with Gasteiger partial charge in [0.15, 0.2) is 0 Å². The van der Waals surface area contributed by atoms with Gasteiger partial charge in [0.25, 0.3) is 5.91 Å². The van der Waals surface area contributed by atoms with E-state index in [2.05, 4.69) is 14.8 Å². The monoisotopic (exact) mass is 390 g/mol. The normalized spacial score (nSPS) is 18.3. The molecule has 0 saturated carbocycles. The lowest BCUT2D eigenvalue weighted by Crippen LogP contribution is -2.49. The van der Waals surface area contributed by atoms with E-state index in [0.29, 0.717) is 19.6 Å². The fourth-order valence-electron chi connectivity index (χ4n) is 3.41. The van der Waals surface area contributed by atoms with Crippen LogP contribution >= 0.6 is 24.8 Å². The van der Waals surface area contributed by atoms with E-state index in [9.17, 15) is 4.79 Å². The molecule has 0 spiro atoms. The van der Waals surface area contributed by atoms with Crippen molar-refractivity contribution >= 4 is 36.5 Å². The molecule has 0 atom stereocenters. The third kappa shape index (κ3) is 5.45. The molecule has 8 heteroatoms. The van der Waals surface area contributed by atoms with Gasteiger partial charge >= 0.3 is 0 Å². The van der Waals surface area contributed by atoms with Crippen molar-refractivity contribution in [2.24, 2.45) is 0 Å². The van der Waals surface area contributed by atoms with E-state index in [1.165, 1.54) is 19.3 Å². The first-order valence-corrected chi connectivity index (χ1v) is 8.62. The van der Waals surface area contributed by atoms with Crippen LogP contribution in [0.25, 0.3) is 0 Å². The van der Waals surface area contributed by atoms with Gasteiger partial charge in [0.05, 0.1) is 12.2 Å². The number of aliphatic hydroxyl groups is 1. The van der Waals surface area contributed by atoms with Crippen LogP contribution in [0.1, 0.15) is 29.6 Å². The molecular weight excluding hydrogens is 363 g/mol. The van der Waals surface area contributed by atoms with Gasteiger partial charge in [-0.05, 0) is 31.4 Å². The first kappa shape index (κ1) is 22.0. The minimum atomic E-state index is 0. The first-order valence-electron chi connectivity index (χ1n) is 8.62. The van der Waals surface area contributed by atoms with Crippen LogP contribution in [-0.2, 0) is 0 Å². The highest BCUT2D eigenvalue weighted by atomic mass is 35.5. The van der Waals surface area contributed by atoms with Crippen LogP contribution in [0.3, 0.4) is 0 Å². The zero-order valence-corrected chi connectivity index (χ0v) is 16.1. The number of nitrogens with zero attached hydrogens (tertiary/aromatic N) is 4. The lowest BCUT2D eigenvalue weighted by Gasteiger charge is -2.35. The molecule has 0 radical (unpaired) electrons. The number of hydrogen-bond acceptors (Lipinski definition) is 5. The summed E-state index contributed by atoms with van der Waals surface area (Å²) < 4.78 is 0. The van der Waals surface area contributed by atoms with Crippen LogP contribution in [-0.4, -0.2) is 78.2 Å². The maximum Gasteiger partial charge on any atom is 0.257 e. The summed E-state index contributed by atoms with van der Waals surface area (Å²) in [6, 6.07) is 3.75. The molecule has 1 aromatic heterocycles. The van der Waals surface area contributed by atoms with Gasteiger partial charge in [-0.2, -0.15) is 0 Å². The highest BCUT2D eigenvalue weighted by molar-refractivity contribution is 5.99. The average molecular weight is 391 g/mol. The summed E-state index contributed by atoms with van der Waals surface area (Å²) in [6.07, 6.45) is 5.38. The second-order valence-electron chi connectivity index (χ2n) is 6.28. The molecule has 0 aliphatic carbocycles. The average Bonchev–Trinajstić information content (AvgIpc) is 2.63. The van der Waals surface area contributed by atoms with Crippen molar-refractivity contribution < 1.29 is 9.90 Å². The van der Waals surface area contributed by atoms with E-state index in [1.807, 2.05) is 17.0 Å². The Labute approximate surface area is 162 Å². The second kappa shape index (κ2) is 10.8. The fourth-order valence-corrected chi connectivity index (χ4v) is 3.41. The smallest absolute Gasteiger partial charge is 0.257 e. The van der Waals surface area contributed by atoms with E-state index in [1.54, 1.807) is 6.20 Å². The van der Waals surface area contributed by atoms with E-state index < -0.39 is 0 Å². The largest absolute Gasteiger partial charge is 0.395 e. The molecule has 0 aromatic carbocycles. The molecule has 25 heavy (non-hydrogen) atoms. The number of piperazine rings is 1. The summed E-state index contributed by atoms with van der Waals surface area (Å²) in [5.74, 6) is 0.928. The van der Waals surface area contributed by atoms with Crippen LogP contribution < -0.4 is 4.90 Å². The van der Waals surface area contributed by atoms with Gasteiger partial charge in [0, 0.05) is 52.0 Å². The number of rotatable bonds is 4. The minimum absolute atomic E-state index is 0. The molecule has 1 N–H and O–H groups in total. The molecule has 0 bridgehead atoms. The van der Waals surface area contributed by atoms with Crippen molar-refractivity contribution in [3.05, 3.63) is 23.9 Å². The summed E-state index contributed by atoms with van der Waals surface area (Å²) in [5.41, 5.74) is 0.727. The number of aliphatic hydroxyl groups excluding tert-OH is 1. The molecular formula is C17H28Cl2N4O2. The van der Waals surface area contributed by atoms with Crippen molar-refractivity contribution in [3.63, 3.8) is 0 Å². The maximum atomic E-state index is 12.9. The summed E-state index contributed by atoms with van der Waals surface area (Å²) in [4.78, 5) is 23.8. The summed E-state index contributed by atoms with van der Waals surface area (Å²) in [7, 11) is 0. The van der Waals surface area contributed by atoms with E-state index >= 15 is 0 Å². The molecule has 2 aliphatic rings. The van der Waals surface area contributed by atoms with Gasteiger partial charge in [0.2, 0.25) is 0 Å². The molecule has 6 nitrogen and oxygen atoms in total. The predicted octanol–water partition coefficient (Wildman–Crippen LogP) is 1.67. The number of amides is 1. The molecule has 2 fully saturated rings. The highest BCUT2D eigenvalue weighted by Gasteiger charge is 2.26. The molecule has 142 valence electrons. The van der Waals surface area contributed by atoms with E-state index in [-0.39, 0.29) is 37.3 Å². The van der Waals surface area contributed by atoms with Crippen molar-refractivity contribution in [2.75, 3.05) is 57.3 Å². The van der Waals surface area contributed by atoms with Crippen LogP contribution in [0.15, 0.2) is 18.3 Å². The Morgan fingerprint density at radius 3 is 2.36 bits per heavy atom. The number of pyridine rings is 1. The number of carbonyl (C=O) groups excluding carboxylic acids is 1. The summed E-state index contributed by atoms with van der Waals surface area (Å²) in [6.45, 7) is 5.92. The van der Waals surface area contributed by atoms with Gasteiger partial charge in [-0.15, -0.1) is 24.8 Å². The molecule has 2 aliphatic heterocycles. The van der Waals surface area contributed by atoms with Gasteiger partial charge in [0.1, 0.15) is 5.82 Å². The Bertz CT molecular complexity index is 533. The van der Waals surface area contributed by atoms with Crippen molar-refractivity contribution in [1.29, 1.82) is 0 Å². The number of aromatic nitrogens is 1. The van der Waals surface area contributed by atoms with Crippen LogP contribution in [0.2, 0.25) is 0 Å². The van der Waals surface area contributed by atoms with Gasteiger partial charge in [-0.3, -0.25) is 9.69 Å². The van der Waals surface area contributed by atoms with Crippen molar-refractivity contribution in [1.82, 2.24) is 14.8 Å². The Morgan fingerprint density at radius 2 is 1.72 bits per heavy atom. The van der Waals surface area contributed by atoms with Crippen molar-refractivity contribution in [2.45, 2.75) is 19.3 Å². The number of piperidine rings is 1. The lowest BCUT2D eigenvalue weighted by molar-refractivity contribution is 0.0615. The first-order chi connectivity index (χ1) is 11.3. The number of β-amino-alcohol motifs (C(OH)–C–C–N with tert-alkyl or cyclic N) is 1. The lowest BCUT2D eigenvalue weighted by atomic mass is 10.1. The number of anilines is 1. The SMILES string of the molecule is Cl.Cl.O=C(c1cccnc1N1CCCCC1)N1CCN(CCO)CC1. The quantitative estimate of drug-likeness (QED) is 0.846. The van der Waals surface area contributed by atoms with Crippen LogP contribution in [0.4, 0.5) is 5.82 Å². The molecule has 0 unspecified atom stereocenters. The van der Waals surface area contributed by atoms with E-state index in [4.69, 9.17) is 5.11 Å². The number of carbonyl (C=O) groups is 1. The third-order valence-corrected chi connectivity index (χ3v) is 4.75. The second-order valence-corrected chi connectivity index (χ2v) is 6.28. The molecule has 1 amide bonds. The Kier molecular flexibility index (Phi) is 9.50. The molecule has 2 saturated heterocycles. The zero-order valence-electron chi connectivity index (χ0n) is 14.5. The summed E-state index contributed by atoms with van der Waals surface area (Å²) >= 11 is 0. The number of halogens is 2. The zero-order chi connectivity index (χ0) is 16.1. The topological polar surface area (TPSA) is 59.9 Å². The van der Waals surface area contributed by atoms with Gasteiger partial charge in [-0.25, -0.2) is 4.98 Å². The van der Waals surface area contributed by atoms with Crippen LogP contribution in [0, 0.1) is 0 Å². The molecule has 3 heterocycles. The van der Waals surface area contributed by atoms with Gasteiger partial charge in [-0.1, -0.05) is 0 Å². The van der Waals surface area contributed by atoms with Crippen molar-refractivity contribution in [3.8, 4) is 0 Å². The maximum absolute atomic E-state index is 12.9. The fraction of sp³-hybridized carbons (Fsp3) is 0.647. The van der Waals surface area contributed by atoms with E-state index in [0.717, 1.165) is 37.6 Å². The highest BCUT2D eigenvalue weighted by Crippen LogP contribution is 2.23. The molecule has 3 rings (SSSR count). The number of hydrogen-bond donors (Lipinski definition) is 1. The van der Waals surface area contributed by atoms with Crippen LogP contribution in [0.5, 0.6) is 0 Å². The Hall–Kier alpha value is -1.08. The minimum Gasteiger partial charge on any atom is -0.395 e. The molecule has 1 aromatic rings. The standard InChI is InChI=1S/C17H26N4O2.2ClH/c22-14-13-19-9-11-21(12-10-19)17(23)15-5-4-6-18-16(15)20-7-2-1-3-8-20;;/h4-6,22H,1-3,7-14H2;2*1H. The summed E-state index contributed by atoms with van der Waals surface area (Å²) in [5, 5.41) is 9.02. The predicted molar refractivity (Wildman–Crippen MR) is 104 cm³/mol. The third-order valence-electron chi connectivity index (χ3n) is 4.75. The Morgan fingerprint density at radius 1 is 1.04 bits per heavy atom. The Balaban J connectivity index is 0.00000156.